The van der Waals surface area contributed by atoms with Gasteiger partial charge in [0.1, 0.15) is 0 Å². The number of aliphatic carboxylic acids is 1. The number of ether oxygens (including phenoxy) is 2. The quantitative estimate of drug-likeness (QED) is 0.582. The van der Waals surface area contributed by atoms with Gasteiger partial charge in [-0.1, -0.05) is 20.8 Å². The molecule has 1 amide bonds. The summed E-state index contributed by atoms with van der Waals surface area (Å²) in [4.78, 5) is 21.6. The highest BCUT2D eigenvalue weighted by Gasteiger charge is 2.15. The lowest BCUT2D eigenvalue weighted by Crippen LogP contribution is -2.30. The van der Waals surface area contributed by atoms with Gasteiger partial charge in [0.15, 0.2) is 0 Å². The monoisotopic (exact) mass is 275 g/mol. The molecule has 0 aliphatic carbocycles. The molecule has 0 fully saturated rings. The average Bonchev–Trinajstić information content (AvgIpc) is 2.24. The number of rotatable bonds is 10. The zero-order chi connectivity index (χ0) is 14.7. The van der Waals surface area contributed by atoms with E-state index >= 15 is 0 Å². The maximum absolute atomic E-state index is 11.4. The van der Waals surface area contributed by atoms with E-state index in [0.29, 0.717) is 32.8 Å². The van der Waals surface area contributed by atoms with Gasteiger partial charge in [0.05, 0.1) is 32.8 Å². The lowest BCUT2D eigenvalue weighted by molar-refractivity contribution is -0.138. The maximum Gasteiger partial charge on any atom is 0.305 e. The Morgan fingerprint density at radius 3 is 2.16 bits per heavy atom. The first kappa shape index (κ1) is 17.9. The van der Waals surface area contributed by atoms with Gasteiger partial charge in [0.25, 0.3) is 0 Å². The van der Waals surface area contributed by atoms with Gasteiger partial charge in [0, 0.05) is 13.0 Å². The Morgan fingerprint density at radius 2 is 1.63 bits per heavy atom. The lowest BCUT2D eigenvalue weighted by atomic mass is 9.92. The summed E-state index contributed by atoms with van der Waals surface area (Å²) < 4.78 is 10.3. The van der Waals surface area contributed by atoms with Gasteiger partial charge >= 0.3 is 5.97 Å². The summed E-state index contributed by atoms with van der Waals surface area (Å²) in [6.07, 6.45) is 0.494. The molecule has 0 saturated heterocycles. The van der Waals surface area contributed by atoms with Crippen molar-refractivity contribution in [1.29, 1.82) is 0 Å². The highest BCUT2D eigenvalue weighted by atomic mass is 16.5. The summed E-state index contributed by atoms with van der Waals surface area (Å²) in [6.45, 7) is 7.90. The summed E-state index contributed by atoms with van der Waals surface area (Å²) in [5, 5.41) is 11.1. The number of carboxylic acids is 1. The van der Waals surface area contributed by atoms with Crippen LogP contribution in [0.2, 0.25) is 0 Å². The van der Waals surface area contributed by atoms with Gasteiger partial charge in [-0.3, -0.25) is 9.59 Å². The van der Waals surface area contributed by atoms with Gasteiger partial charge in [-0.25, -0.2) is 0 Å². The molecule has 0 aliphatic rings. The molecule has 0 atom stereocenters. The standard InChI is InChI=1S/C13H25NO5/c1-13(2,3)10-11(15)14-5-7-19-9-8-18-6-4-12(16)17/h4-10H2,1-3H3,(H,14,15)(H,16,17). The molecule has 0 radical (unpaired) electrons. The summed E-state index contributed by atoms with van der Waals surface area (Å²) in [7, 11) is 0. The van der Waals surface area contributed by atoms with Crippen molar-refractivity contribution in [1.82, 2.24) is 5.32 Å². The minimum absolute atomic E-state index is 0.00284. The van der Waals surface area contributed by atoms with E-state index in [-0.39, 0.29) is 24.3 Å². The van der Waals surface area contributed by atoms with Crippen LogP contribution in [0, 0.1) is 5.41 Å². The first-order valence-corrected chi connectivity index (χ1v) is 6.45. The smallest absolute Gasteiger partial charge is 0.305 e. The number of hydrogen-bond donors (Lipinski definition) is 2. The van der Waals surface area contributed by atoms with E-state index in [4.69, 9.17) is 14.6 Å². The zero-order valence-electron chi connectivity index (χ0n) is 12.0. The third-order valence-corrected chi connectivity index (χ3v) is 2.09. The molecule has 0 aromatic carbocycles. The molecular weight excluding hydrogens is 250 g/mol. The Morgan fingerprint density at radius 1 is 1.05 bits per heavy atom. The van der Waals surface area contributed by atoms with Crippen LogP contribution in [0.25, 0.3) is 0 Å². The number of hydrogen-bond acceptors (Lipinski definition) is 4. The number of carboxylic acid groups (broad SMARTS) is 1. The second kappa shape index (κ2) is 9.75. The number of carbonyl (C=O) groups excluding carboxylic acids is 1. The molecule has 0 unspecified atom stereocenters. The molecule has 6 heteroatoms. The Kier molecular flexibility index (Phi) is 9.16. The van der Waals surface area contributed by atoms with Crippen molar-refractivity contribution >= 4 is 11.9 Å². The number of nitrogens with one attached hydrogen (secondary N) is 1. The molecule has 0 spiro atoms. The summed E-state index contributed by atoms with van der Waals surface area (Å²) in [6, 6.07) is 0. The largest absolute Gasteiger partial charge is 0.481 e. The first-order valence-electron chi connectivity index (χ1n) is 6.45. The van der Waals surface area contributed by atoms with E-state index in [9.17, 15) is 9.59 Å². The fourth-order valence-electron chi connectivity index (χ4n) is 1.29. The fourth-order valence-corrected chi connectivity index (χ4v) is 1.29. The van der Waals surface area contributed by atoms with E-state index < -0.39 is 5.97 Å². The van der Waals surface area contributed by atoms with Gasteiger partial charge < -0.3 is 19.9 Å². The van der Waals surface area contributed by atoms with Crippen LogP contribution in [0.3, 0.4) is 0 Å². The molecule has 0 saturated carbocycles. The normalized spacial score (nSPS) is 11.3. The van der Waals surface area contributed by atoms with Gasteiger partial charge in [-0.15, -0.1) is 0 Å². The van der Waals surface area contributed by atoms with Crippen LogP contribution in [0.5, 0.6) is 0 Å². The van der Waals surface area contributed by atoms with E-state index in [1.165, 1.54) is 0 Å². The van der Waals surface area contributed by atoms with Gasteiger partial charge in [0.2, 0.25) is 5.91 Å². The maximum atomic E-state index is 11.4. The minimum Gasteiger partial charge on any atom is -0.481 e. The topological polar surface area (TPSA) is 84.9 Å². The van der Waals surface area contributed by atoms with Crippen molar-refractivity contribution in [3.63, 3.8) is 0 Å². The predicted molar refractivity (Wildman–Crippen MR) is 71.0 cm³/mol. The molecule has 112 valence electrons. The van der Waals surface area contributed by atoms with Crippen molar-refractivity contribution < 1.29 is 24.2 Å². The number of carbonyl (C=O) groups is 2. The zero-order valence-corrected chi connectivity index (χ0v) is 12.0. The molecule has 0 aliphatic heterocycles. The van der Waals surface area contributed by atoms with E-state index in [1.54, 1.807) is 0 Å². The summed E-state index contributed by atoms with van der Waals surface area (Å²) in [5.41, 5.74) is -0.0110. The molecule has 2 N–H and O–H groups in total. The molecule has 0 aromatic heterocycles. The highest BCUT2D eigenvalue weighted by molar-refractivity contribution is 5.76. The van der Waals surface area contributed by atoms with Crippen LogP contribution in [0.15, 0.2) is 0 Å². The molecule has 0 rings (SSSR count). The van der Waals surface area contributed by atoms with E-state index in [0.717, 1.165) is 0 Å². The molecule has 19 heavy (non-hydrogen) atoms. The molecule has 0 bridgehead atoms. The minimum atomic E-state index is -0.873. The van der Waals surface area contributed by atoms with Crippen LogP contribution in [-0.4, -0.2) is 50.0 Å². The van der Waals surface area contributed by atoms with Crippen molar-refractivity contribution in [2.45, 2.75) is 33.6 Å². The van der Waals surface area contributed by atoms with Gasteiger partial charge in [-0.05, 0) is 5.41 Å². The highest BCUT2D eigenvalue weighted by Crippen LogP contribution is 2.17. The van der Waals surface area contributed by atoms with Crippen LogP contribution in [-0.2, 0) is 19.1 Å². The Balaban J connectivity index is 3.27. The molecule has 0 aromatic rings. The average molecular weight is 275 g/mol. The molecule has 0 heterocycles. The van der Waals surface area contributed by atoms with Crippen molar-refractivity contribution in [3.8, 4) is 0 Å². The Labute approximate surface area is 114 Å². The lowest BCUT2D eigenvalue weighted by Gasteiger charge is -2.17. The van der Waals surface area contributed by atoms with Crippen LogP contribution in [0.1, 0.15) is 33.6 Å². The van der Waals surface area contributed by atoms with Crippen molar-refractivity contribution in [2.75, 3.05) is 33.0 Å². The van der Waals surface area contributed by atoms with Crippen molar-refractivity contribution in [3.05, 3.63) is 0 Å². The Hall–Kier alpha value is -1.14. The third-order valence-electron chi connectivity index (χ3n) is 2.09. The van der Waals surface area contributed by atoms with Crippen LogP contribution < -0.4 is 5.32 Å². The van der Waals surface area contributed by atoms with Crippen LogP contribution in [0.4, 0.5) is 0 Å². The van der Waals surface area contributed by atoms with Crippen LogP contribution >= 0.6 is 0 Å². The van der Waals surface area contributed by atoms with E-state index in [1.807, 2.05) is 20.8 Å². The third kappa shape index (κ3) is 14.8. The second-order valence-corrected chi connectivity index (χ2v) is 5.46. The fraction of sp³-hybridized carbons (Fsp3) is 0.846. The first-order chi connectivity index (χ1) is 8.81. The molecular formula is C13H25NO5. The molecule has 6 nitrogen and oxygen atoms in total. The Bertz CT molecular complexity index is 273. The number of amides is 1. The SMILES string of the molecule is CC(C)(C)CC(=O)NCCOCCOCCC(=O)O. The predicted octanol–water partition coefficient (Wildman–Crippen LogP) is 1.05. The summed E-state index contributed by atoms with van der Waals surface area (Å²) >= 11 is 0. The van der Waals surface area contributed by atoms with E-state index in [2.05, 4.69) is 5.32 Å². The van der Waals surface area contributed by atoms with Crippen molar-refractivity contribution in [2.24, 2.45) is 5.41 Å². The second-order valence-electron chi connectivity index (χ2n) is 5.46. The van der Waals surface area contributed by atoms with Gasteiger partial charge in [-0.2, -0.15) is 0 Å². The summed E-state index contributed by atoms with van der Waals surface area (Å²) in [5.74, 6) is -0.851.